The van der Waals surface area contributed by atoms with Crippen LogP contribution in [0.25, 0.3) is 0 Å². The molecule has 0 fully saturated rings. The fourth-order valence-corrected chi connectivity index (χ4v) is 5.77. The van der Waals surface area contributed by atoms with E-state index in [2.05, 4.69) is 55.6 Å². The Hall–Kier alpha value is -1.54. The number of phosphoric ester groups is 1. The molecule has 9 heteroatoms. The molecule has 0 spiro atoms. The lowest BCUT2D eigenvalue weighted by Crippen LogP contribution is -2.45. The highest BCUT2D eigenvalue weighted by molar-refractivity contribution is 7.47. The average Bonchev–Trinajstić information content (AvgIpc) is 3.05. The first-order chi connectivity index (χ1) is 22.9. The third-order valence-electron chi connectivity index (χ3n) is 7.86. The van der Waals surface area contributed by atoms with Gasteiger partial charge in [-0.25, -0.2) is 4.57 Å². The third-order valence-corrected chi connectivity index (χ3v) is 8.84. The summed E-state index contributed by atoms with van der Waals surface area (Å²) in [6, 6.07) is -0.883. The monoisotopic (exact) mass is 683 g/mol. The van der Waals surface area contributed by atoms with E-state index in [1.54, 1.807) is 6.08 Å². The summed E-state index contributed by atoms with van der Waals surface area (Å²) in [6.07, 6.45) is 40.1. The Morgan fingerprint density at radius 2 is 1.23 bits per heavy atom. The van der Waals surface area contributed by atoms with E-state index in [0.29, 0.717) is 6.42 Å². The van der Waals surface area contributed by atoms with Crippen molar-refractivity contribution in [3.05, 3.63) is 48.6 Å². The number of aliphatic hydroxyl groups excluding tert-OH is 1. The normalized spacial score (nSPS) is 14.9. The predicted molar refractivity (Wildman–Crippen MR) is 198 cm³/mol. The molecule has 0 aliphatic rings. The van der Waals surface area contributed by atoms with Gasteiger partial charge in [0.1, 0.15) is 0 Å². The summed E-state index contributed by atoms with van der Waals surface area (Å²) in [5.41, 5.74) is 5.35. The zero-order valence-corrected chi connectivity index (χ0v) is 30.9. The molecular formula is C38H71N2O6P. The van der Waals surface area contributed by atoms with Gasteiger partial charge in [-0.1, -0.05) is 140 Å². The Morgan fingerprint density at radius 1 is 0.702 bits per heavy atom. The molecule has 3 atom stereocenters. The smallest absolute Gasteiger partial charge is 0.387 e. The van der Waals surface area contributed by atoms with E-state index in [9.17, 15) is 19.4 Å². The molecule has 0 aromatic carbocycles. The Morgan fingerprint density at radius 3 is 1.85 bits per heavy atom. The summed E-state index contributed by atoms with van der Waals surface area (Å²) in [5, 5.41) is 13.6. The first kappa shape index (κ1) is 45.5. The Bertz CT molecular complexity index is 876. The largest absolute Gasteiger partial charge is 0.472 e. The molecule has 0 aromatic heterocycles. The number of nitrogens with two attached hydrogens (primary N) is 1. The lowest BCUT2D eigenvalue weighted by atomic mass is 10.1. The summed E-state index contributed by atoms with van der Waals surface area (Å²) < 4.78 is 22.0. The van der Waals surface area contributed by atoms with E-state index < -0.39 is 20.0 Å². The predicted octanol–water partition coefficient (Wildman–Crippen LogP) is 9.77. The lowest BCUT2D eigenvalue weighted by Gasteiger charge is -2.23. The molecule has 1 amide bonds. The van der Waals surface area contributed by atoms with Crippen molar-refractivity contribution in [2.75, 3.05) is 19.8 Å². The SMILES string of the molecule is CCC/C=C\C/C=C\CCCCCCCC(=O)NC(COP(=O)(O)OCCN)C(O)/C=C/CC/C=C/CCCCCCCCCCC. The number of nitrogens with one attached hydrogen (secondary N) is 1. The fraction of sp³-hybridized carbons (Fsp3) is 0.763. The molecule has 0 aliphatic heterocycles. The maximum atomic E-state index is 12.7. The molecule has 0 rings (SSSR count). The highest BCUT2D eigenvalue weighted by Gasteiger charge is 2.26. The standard InChI is InChI=1S/C38H71N2O6P/c1-3-5-7-9-11-13-15-17-18-20-21-23-25-27-29-31-37(41)36(35-46-47(43,44)45-34-33-39)40-38(42)32-30-28-26-24-22-19-16-14-12-10-8-6-4-2/h8,10,14,16,21,23,29,31,36-37,41H,3-7,9,11-13,15,17-20,22,24-28,30,32-35,39H2,1-2H3,(H,40,42)(H,43,44)/b10-8-,16-14-,23-21+,31-29+. The number of carbonyl (C=O) groups is 1. The third kappa shape index (κ3) is 32.8. The minimum Gasteiger partial charge on any atom is -0.387 e. The van der Waals surface area contributed by atoms with Crippen molar-refractivity contribution in [3.8, 4) is 0 Å². The number of phosphoric acid groups is 1. The van der Waals surface area contributed by atoms with Crippen LogP contribution in [0.3, 0.4) is 0 Å². The first-order valence-corrected chi connectivity index (χ1v) is 20.3. The molecule has 3 unspecified atom stereocenters. The van der Waals surface area contributed by atoms with Crippen LogP contribution in [-0.2, 0) is 18.4 Å². The summed E-state index contributed by atoms with van der Waals surface area (Å²) in [6.45, 7) is 4.01. The van der Waals surface area contributed by atoms with Crippen LogP contribution in [0.4, 0.5) is 0 Å². The molecule has 0 aromatic rings. The lowest BCUT2D eigenvalue weighted by molar-refractivity contribution is -0.123. The second-order valence-electron chi connectivity index (χ2n) is 12.4. The first-order valence-electron chi connectivity index (χ1n) is 18.8. The van der Waals surface area contributed by atoms with Crippen LogP contribution in [-0.4, -0.2) is 47.8 Å². The maximum Gasteiger partial charge on any atom is 0.472 e. The summed E-state index contributed by atoms with van der Waals surface area (Å²) >= 11 is 0. The van der Waals surface area contributed by atoms with E-state index in [4.69, 9.17) is 14.8 Å². The number of amides is 1. The highest BCUT2D eigenvalue weighted by Crippen LogP contribution is 2.43. The van der Waals surface area contributed by atoms with Crippen molar-refractivity contribution in [3.63, 3.8) is 0 Å². The number of aliphatic hydroxyl groups is 1. The number of allylic oxidation sites excluding steroid dienone is 7. The Labute approximate surface area is 288 Å². The van der Waals surface area contributed by atoms with Crippen LogP contribution in [0.2, 0.25) is 0 Å². The summed E-state index contributed by atoms with van der Waals surface area (Å²) in [5.74, 6) is -0.222. The number of hydrogen-bond acceptors (Lipinski definition) is 6. The topological polar surface area (TPSA) is 131 Å². The average molecular weight is 683 g/mol. The zero-order chi connectivity index (χ0) is 34.7. The van der Waals surface area contributed by atoms with Crippen molar-refractivity contribution < 1.29 is 28.4 Å². The van der Waals surface area contributed by atoms with Gasteiger partial charge in [-0.05, 0) is 57.8 Å². The van der Waals surface area contributed by atoms with Crippen molar-refractivity contribution in [1.82, 2.24) is 5.32 Å². The fourth-order valence-electron chi connectivity index (χ4n) is 5.01. The van der Waals surface area contributed by atoms with Gasteiger partial charge < -0.3 is 21.1 Å². The van der Waals surface area contributed by atoms with Crippen LogP contribution >= 0.6 is 7.82 Å². The van der Waals surface area contributed by atoms with Crippen molar-refractivity contribution in [2.24, 2.45) is 5.73 Å². The van der Waals surface area contributed by atoms with E-state index >= 15 is 0 Å². The van der Waals surface area contributed by atoms with Crippen LogP contribution in [0, 0.1) is 0 Å². The number of rotatable bonds is 34. The van der Waals surface area contributed by atoms with Gasteiger partial charge in [-0.3, -0.25) is 13.8 Å². The van der Waals surface area contributed by atoms with E-state index in [0.717, 1.165) is 70.6 Å². The molecule has 0 saturated heterocycles. The number of hydrogen-bond donors (Lipinski definition) is 4. The van der Waals surface area contributed by atoms with Crippen molar-refractivity contribution in [2.45, 2.75) is 167 Å². The van der Waals surface area contributed by atoms with Crippen LogP contribution in [0.1, 0.15) is 155 Å². The van der Waals surface area contributed by atoms with Gasteiger partial charge in [0.05, 0.1) is 25.4 Å². The van der Waals surface area contributed by atoms with Crippen molar-refractivity contribution >= 4 is 13.7 Å². The Kier molecular flexibility index (Phi) is 33.2. The Balaban J connectivity index is 4.42. The van der Waals surface area contributed by atoms with Gasteiger partial charge in [0.2, 0.25) is 5.91 Å². The van der Waals surface area contributed by atoms with E-state index in [-0.39, 0.29) is 25.7 Å². The maximum absolute atomic E-state index is 12.7. The van der Waals surface area contributed by atoms with Crippen LogP contribution in [0.15, 0.2) is 48.6 Å². The van der Waals surface area contributed by atoms with Gasteiger partial charge in [0, 0.05) is 13.0 Å². The van der Waals surface area contributed by atoms with Gasteiger partial charge in [-0.2, -0.15) is 0 Å². The number of unbranched alkanes of at least 4 members (excludes halogenated alkanes) is 16. The van der Waals surface area contributed by atoms with Gasteiger partial charge in [-0.15, -0.1) is 0 Å². The quantitative estimate of drug-likeness (QED) is 0.0302. The molecule has 0 saturated carbocycles. The molecular weight excluding hydrogens is 611 g/mol. The molecule has 0 bridgehead atoms. The zero-order valence-electron chi connectivity index (χ0n) is 30.0. The second-order valence-corrected chi connectivity index (χ2v) is 13.9. The van der Waals surface area contributed by atoms with Gasteiger partial charge in [0.25, 0.3) is 0 Å². The molecule has 5 N–H and O–H groups in total. The summed E-state index contributed by atoms with van der Waals surface area (Å²) in [7, 11) is -4.34. The van der Waals surface area contributed by atoms with Crippen molar-refractivity contribution in [1.29, 1.82) is 0 Å². The molecule has 47 heavy (non-hydrogen) atoms. The molecule has 0 aliphatic carbocycles. The molecule has 8 nitrogen and oxygen atoms in total. The van der Waals surface area contributed by atoms with E-state index in [1.807, 2.05) is 6.08 Å². The second kappa shape index (κ2) is 34.3. The summed E-state index contributed by atoms with van der Waals surface area (Å²) in [4.78, 5) is 22.6. The minimum atomic E-state index is -4.34. The van der Waals surface area contributed by atoms with E-state index in [1.165, 1.54) is 64.2 Å². The molecule has 0 heterocycles. The van der Waals surface area contributed by atoms with Gasteiger partial charge >= 0.3 is 7.82 Å². The number of carbonyl (C=O) groups excluding carboxylic acids is 1. The van der Waals surface area contributed by atoms with Gasteiger partial charge in [0.15, 0.2) is 0 Å². The minimum absolute atomic E-state index is 0.0699. The van der Waals surface area contributed by atoms with Crippen LogP contribution < -0.4 is 11.1 Å². The highest BCUT2D eigenvalue weighted by atomic mass is 31.2. The van der Waals surface area contributed by atoms with Crippen LogP contribution in [0.5, 0.6) is 0 Å². The molecule has 0 radical (unpaired) electrons. The molecule has 274 valence electrons.